The van der Waals surface area contributed by atoms with Crippen LogP contribution in [-0.2, 0) is 22.5 Å². The van der Waals surface area contributed by atoms with Crippen LogP contribution in [0.15, 0.2) is 41.2 Å². The molecule has 1 aromatic heterocycles. The van der Waals surface area contributed by atoms with Gasteiger partial charge in [-0.05, 0) is 37.5 Å². The number of hydrogen-bond donors (Lipinski definition) is 0. The smallest absolute Gasteiger partial charge is 0.359 e. The standard InChI is InChI=1S/C19H21N3O4/c1-3-10-21-17(23)9-8-15(20-21)19(25)26-12-18(24)22-13(2)11-14-6-4-5-7-16(14)22/h4-9,13H,3,10-12H2,1-2H3. The van der Waals surface area contributed by atoms with E-state index in [-0.39, 0.29) is 29.8 Å². The summed E-state index contributed by atoms with van der Waals surface area (Å²) < 4.78 is 6.35. The maximum atomic E-state index is 12.6. The molecule has 1 aliphatic rings. The van der Waals surface area contributed by atoms with Gasteiger partial charge in [0.25, 0.3) is 11.5 Å². The molecule has 0 fully saturated rings. The van der Waals surface area contributed by atoms with Crippen LogP contribution in [0.3, 0.4) is 0 Å². The Hall–Kier alpha value is -2.96. The number of carbonyl (C=O) groups excluding carboxylic acids is 2. The monoisotopic (exact) mass is 355 g/mol. The van der Waals surface area contributed by atoms with Gasteiger partial charge in [0.2, 0.25) is 0 Å². The lowest BCUT2D eigenvalue weighted by molar-refractivity contribution is -0.122. The second-order valence-corrected chi connectivity index (χ2v) is 6.30. The van der Waals surface area contributed by atoms with Gasteiger partial charge in [-0.25, -0.2) is 9.48 Å². The lowest BCUT2D eigenvalue weighted by atomic mass is 10.1. The number of amides is 1. The highest BCUT2D eigenvalue weighted by atomic mass is 16.5. The van der Waals surface area contributed by atoms with E-state index in [1.165, 1.54) is 16.8 Å². The van der Waals surface area contributed by atoms with Crippen molar-refractivity contribution in [1.82, 2.24) is 9.78 Å². The molecule has 0 spiro atoms. The molecule has 1 atom stereocenters. The molecule has 1 aliphatic heterocycles. The van der Waals surface area contributed by atoms with Crippen molar-refractivity contribution in [2.45, 2.75) is 39.3 Å². The van der Waals surface area contributed by atoms with E-state index >= 15 is 0 Å². The van der Waals surface area contributed by atoms with E-state index in [4.69, 9.17) is 4.74 Å². The minimum atomic E-state index is -0.719. The Labute approximate surface area is 151 Å². The third-order valence-electron chi connectivity index (χ3n) is 4.31. The predicted octanol–water partition coefficient (Wildman–Crippen LogP) is 1.79. The topological polar surface area (TPSA) is 81.5 Å². The van der Waals surface area contributed by atoms with Gasteiger partial charge in [0, 0.05) is 24.3 Å². The summed E-state index contributed by atoms with van der Waals surface area (Å²) in [6.07, 6.45) is 1.50. The normalized spacial score (nSPS) is 15.6. The molecule has 0 saturated carbocycles. The molecule has 1 aromatic carbocycles. The summed E-state index contributed by atoms with van der Waals surface area (Å²) in [5.41, 5.74) is 1.70. The summed E-state index contributed by atoms with van der Waals surface area (Å²) in [5, 5.41) is 3.99. The maximum Gasteiger partial charge on any atom is 0.359 e. The molecule has 3 rings (SSSR count). The zero-order valence-electron chi connectivity index (χ0n) is 14.8. The van der Waals surface area contributed by atoms with Crippen molar-refractivity contribution in [3.8, 4) is 0 Å². The van der Waals surface area contributed by atoms with Gasteiger partial charge in [-0.15, -0.1) is 0 Å². The number of hydrogen-bond acceptors (Lipinski definition) is 5. The number of benzene rings is 1. The molecule has 7 heteroatoms. The van der Waals surface area contributed by atoms with Crippen LogP contribution in [0, 0.1) is 0 Å². The van der Waals surface area contributed by atoms with Gasteiger partial charge < -0.3 is 9.64 Å². The first-order chi connectivity index (χ1) is 12.5. The van der Waals surface area contributed by atoms with Crippen LogP contribution in [0.1, 0.15) is 36.3 Å². The average molecular weight is 355 g/mol. The zero-order chi connectivity index (χ0) is 18.7. The summed E-state index contributed by atoms with van der Waals surface area (Å²) in [6.45, 7) is 3.92. The third-order valence-corrected chi connectivity index (χ3v) is 4.31. The Bertz CT molecular complexity index is 890. The predicted molar refractivity (Wildman–Crippen MR) is 96.2 cm³/mol. The van der Waals surface area contributed by atoms with E-state index in [9.17, 15) is 14.4 Å². The van der Waals surface area contributed by atoms with E-state index in [0.717, 1.165) is 24.1 Å². The Morgan fingerprint density at radius 1 is 1.23 bits per heavy atom. The number of para-hydroxylation sites is 1. The second kappa shape index (κ2) is 7.51. The zero-order valence-corrected chi connectivity index (χ0v) is 14.8. The van der Waals surface area contributed by atoms with Crippen molar-refractivity contribution < 1.29 is 14.3 Å². The summed E-state index contributed by atoms with van der Waals surface area (Å²) in [4.78, 5) is 38.1. The summed E-state index contributed by atoms with van der Waals surface area (Å²) in [5.74, 6) is -0.999. The number of aryl methyl sites for hydroxylation is 1. The van der Waals surface area contributed by atoms with Crippen molar-refractivity contribution in [3.63, 3.8) is 0 Å². The fourth-order valence-electron chi connectivity index (χ4n) is 3.15. The van der Waals surface area contributed by atoms with E-state index in [2.05, 4.69) is 5.10 Å². The van der Waals surface area contributed by atoms with Crippen LogP contribution >= 0.6 is 0 Å². The molecule has 0 radical (unpaired) electrons. The Balaban J connectivity index is 1.67. The van der Waals surface area contributed by atoms with Gasteiger partial charge in [0.1, 0.15) is 0 Å². The first kappa shape index (κ1) is 17.8. The highest BCUT2D eigenvalue weighted by Crippen LogP contribution is 2.31. The molecule has 0 N–H and O–H groups in total. The van der Waals surface area contributed by atoms with Crippen molar-refractivity contribution in [2.75, 3.05) is 11.5 Å². The molecule has 1 unspecified atom stereocenters. The number of fused-ring (bicyclic) bond motifs is 1. The van der Waals surface area contributed by atoms with Gasteiger partial charge in [0.05, 0.1) is 0 Å². The molecule has 7 nitrogen and oxygen atoms in total. The molecule has 2 aromatic rings. The first-order valence-electron chi connectivity index (χ1n) is 8.66. The minimum absolute atomic E-state index is 0.0146. The average Bonchev–Trinajstić information content (AvgIpc) is 2.97. The molecule has 1 amide bonds. The molecule has 2 heterocycles. The van der Waals surface area contributed by atoms with E-state index in [1.54, 1.807) is 4.90 Å². The highest BCUT2D eigenvalue weighted by Gasteiger charge is 2.31. The Morgan fingerprint density at radius 3 is 2.77 bits per heavy atom. The van der Waals surface area contributed by atoms with Crippen LogP contribution in [0.4, 0.5) is 5.69 Å². The molecule has 0 bridgehead atoms. The SMILES string of the molecule is CCCn1nc(C(=O)OCC(=O)N2c3ccccc3CC2C)ccc1=O. The molecular formula is C19H21N3O4. The van der Waals surface area contributed by atoms with Crippen LogP contribution in [-0.4, -0.2) is 34.3 Å². The van der Waals surface area contributed by atoms with Crippen LogP contribution in [0.25, 0.3) is 0 Å². The van der Waals surface area contributed by atoms with Gasteiger partial charge in [0.15, 0.2) is 12.3 Å². The van der Waals surface area contributed by atoms with E-state index < -0.39 is 5.97 Å². The second-order valence-electron chi connectivity index (χ2n) is 6.30. The Morgan fingerprint density at radius 2 is 2.00 bits per heavy atom. The van der Waals surface area contributed by atoms with Gasteiger partial charge >= 0.3 is 5.97 Å². The Kier molecular flexibility index (Phi) is 5.16. The number of ether oxygens (including phenoxy) is 1. The van der Waals surface area contributed by atoms with Crippen molar-refractivity contribution in [3.05, 3.63) is 58.0 Å². The fraction of sp³-hybridized carbons (Fsp3) is 0.368. The fourth-order valence-corrected chi connectivity index (χ4v) is 3.15. The lowest BCUT2D eigenvalue weighted by Gasteiger charge is -2.22. The largest absolute Gasteiger partial charge is 0.451 e. The maximum absolute atomic E-state index is 12.6. The molecular weight excluding hydrogens is 334 g/mol. The number of esters is 1. The number of carbonyl (C=O) groups is 2. The summed E-state index contributed by atoms with van der Waals surface area (Å²) >= 11 is 0. The van der Waals surface area contributed by atoms with E-state index in [0.29, 0.717) is 6.54 Å². The number of rotatable bonds is 5. The molecule has 0 saturated heterocycles. The quantitative estimate of drug-likeness (QED) is 0.764. The highest BCUT2D eigenvalue weighted by molar-refractivity contribution is 5.98. The number of aromatic nitrogens is 2. The van der Waals surface area contributed by atoms with E-state index in [1.807, 2.05) is 38.1 Å². The molecule has 0 aliphatic carbocycles. The van der Waals surface area contributed by atoms with Gasteiger partial charge in [-0.3, -0.25) is 9.59 Å². The van der Waals surface area contributed by atoms with Crippen LogP contribution in [0.2, 0.25) is 0 Å². The van der Waals surface area contributed by atoms with Crippen LogP contribution < -0.4 is 10.5 Å². The summed E-state index contributed by atoms with van der Waals surface area (Å²) in [6, 6.07) is 10.3. The van der Waals surface area contributed by atoms with Gasteiger partial charge in [-0.1, -0.05) is 25.1 Å². The molecule has 26 heavy (non-hydrogen) atoms. The lowest BCUT2D eigenvalue weighted by Crippen LogP contribution is -2.38. The number of nitrogens with zero attached hydrogens (tertiary/aromatic N) is 3. The minimum Gasteiger partial charge on any atom is -0.451 e. The van der Waals surface area contributed by atoms with Crippen LogP contribution in [0.5, 0.6) is 0 Å². The van der Waals surface area contributed by atoms with Gasteiger partial charge in [-0.2, -0.15) is 5.10 Å². The van der Waals surface area contributed by atoms with Crippen molar-refractivity contribution in [1.29, 1.82) is 0 Å². The first-order valence-corrected chi connectivity index (χ1v) is 8.66. The third kappa shape index (κ3) is 3.51. The van der Waals surface area contributed by atoms with Crippen molar-refractivity contribution in [2.24, 2.45) is 0 Å². The summed E-state index contributed by atoms with van der Waals surface area (Å²) in [7, 11) is 0. The molecule has 136 valence electrons. The number of anilines is 1. The van der Waals surface area contributed by atoms with Crippen molar-refractivity contribution >= 4 is 17.6 Å².